The van der Waals surface area contributed by atoms with E-state index in [0.717, 1.165) is 24.3 Å². The molecule has 1 aliphatic rings. The summed E-state index contributed by atoms with van der Waals surface area (Å²) in [6, 6.07) is 16.4. The smallest absolute Gasteiger partial charge is 0.145 e. The van der Waals surface area contributed by atoms with Crippen LogP contribution in [0, 0.1) is 0 Å². The average Bonchev–Trinajstić information content (AvgIpc) is 2.90. The third kappa shape index (κ3) is 2.53. The Labute approximate surface area is 113 Å². The van der Waals surface area contributed by atoms with Crippen LogP contribution in [0.25, 0.3) is 0 Å². The van der Waals surface area contributed by atoms with Gasteiger partial charge in [0, 0.05) is 12.1 Å². The van der Waals surface area contributed by atoms with E-state index in [9.17, 15) is 0 Å². The molecule has 0 atom stereocenters. The molecule has 0 aromatic heterocycles. The SMILES string of the molecule is CCC1=Nc2c(cccc2OCc2ccccc2)C1. The van der Waals surface area contributed by atoms with Crippen LogP contribution in [0.3, 0.4) is 0 Å². The van der Waals surface area contributed by atoms with Crippen LogP contribution in [0.5, 0.6) is 5.75 Å². The van der Waals surface area contributed by atoms with Gasteiger partial charge in [-0.3, -0.25) is 4.99 Å². The van der Waals surface area contributed by atoms with E-state index in [2.05, 4.69) is 30.1 Å². The van der Waals surface area contributed by atoms with Crippen molar-refractivity contribution < 1.29 is 4.74 Å². The zero-order chi connectivity index (χ0) is 13.1. The predicted molar refractivity (Wildman–Crippen MR) is 78.3 cm³/mol. The number of hydrogen-bond donors (Lipinski definition) is 0. The van der Waals surface area contributed by atoms with Gasteiger partial charge in [0.25, 0.3) is 0 Å². The number of ether oxygens (including phenoxy) is 1. The zero-order valence-corrected chi connectivity index (χ0v) is 11.1. The highest BCUT2D eigenvalue weighted by molar-refractivity contribution is 5.95. The molecule has 96 valence electrons. The topological polar surface area (TPSA) is 21.6 Å². The Morgan fingerprint density at radius 3 is 2.68 bits per heavy atom. The van der Waals surface area contributed by atoms with Crippen molar-refractivity contribution in [2.45, 2.75) is 26.4 Å². The molecule has 1 aliphatic heterocycles. The van der Waals surface area contributed by atoms with Gasteiger partial charge in [-0.2, -0.15) is 0 Å². The van der Waals surface area contributed by atoms with E-state index in [0.29, 0.717) is 6.61 Å². The molecule has 2 heteroatoms. The summed E-state index contributed by atoms with van der Waals surface area (Å²) in [5.74, 6) is 0.893. The lowest BCUT2D eigenvalue weighted by atomic mass is 10.1. The minimum Gasteiger partial charge on any atom is -0.487 e. The lowest BCUT2D eigenvalue weighted by Crippen LogP contribution is -1.95. The molecule has 0 unspecified atom stereocenters. The van der Waals surface area contributed by atoms with E-state index < -0.39 is 0 Å². The van der Waals surface area contributed by atoms with Crippen LogP contribution < -0.4 is 4.74 Å². The summed E-state index contributed by atoms with van der Waals surface area (Å²) in [6.45, 7) is 2.74. The molecule has 0 saturated carbocycles. The zero-order valence-electron chi connectivity index (χ0n) is 11.1. The Hall–Kier alpha value is -2.09. The summed E-state index contributed by atoms with van der Waals surface area (Å²) < 4.78 is 5.92. The highest BCUT2D eigenvalue weighted by Crippen LogP contribution is 2.37. The predicted octanol–water partition coefficient (Wildman–Crippen LogP) is 4.30. The molecule has 2 aromatic carbocycles. The van der Waals surface area contributed by atoms with E-state index in [1.807, 2.05) is 30.3 Å². The first-order valence-corrected chi connectivity index (χ1v) is 6.72. The van der Waals surface area contributed by atoms with Crippen LogP contribution in [0.4, 0.5) is 5.69 Å². The van der Waals surface area contributed by atoms with E-state index in [-0.39, 0.29) is 0 Å². The monoisotopic (exact) mass is 251 g/mol. The first-order valence-electron chi connectivity index (χ1n) is 6.72. The molecule has 2 aromatic rings. The van der Waals surface area contributed by atoms with Gasteiger partial charge in [0.2, 0.25) is 0 Å². The number of para-hydroxylation sites is 1. The molecule has 0 N–H and O–H groups in total. The summed E-state index contributed by atoms with van der Waals surface area (Å²) in [7, 11) is 0. The van der Waals surface area contributed by atoms with Crippen LogP contribution >= 0.6 is 0 Å². The normalized spacial score (nSPS) is 13.0. The molecule has 1 heterocycles. The lowest BCUT2D eigenvalue weighted by molar-refractivity contribution is 0.307. The van der Waals surface area contributed by atoms with E-state index in [1.165, 1.54) is 16.8 Å². The number of benzene rings is 2. The highest BCUT2D eigenvalue weighted by Gasteiger charge is 2.17. The maximum atomic E-state index is 5.92. The molecule has 0 aliphatic carbocycles. The van der Waals surface area contributed by atoms with Crippen LogP contribution in [0.1, 0.15) is 24.5 Å². The van der Waals surface area contributed by atoms with Gasteiger partial charge >= 0.3 is 0 Å². The number of nitrogens with zero attached hydrogens (tertiary/aromatic N) is 1. The third-order valence-electron chi connectivity index (χ3n) is 3.39. The summed E-state index contributed by atoms with van der Waals surface area (Å²) in [5.41, 5.74) is 4.72. The number of rotatable bonds is 4. The van der Waals surface area contributed by atoms with E-state index in [4.69, 9.17) is 4.74 Å². The Morgan fingerprint density at radius 2 is 1.89 bits per heavy atom. The highest BCUT2D eigenvalue weighted by atomic mass is 16.5. The van der Waals surface area contributed by atoms with Crippen molar-refractivity contribution in [2.24, 2.45) is 4.99 Å². The van der Waals surface area contributed by atoms with Crippen molar-refractivity contribution >= 4 is 11.4 Å². The van der Waals surface area contributed by atoms with Crippen LogP contribution in [0.15, 0.2) is 53.5 Å². The first kappa shape index (κ1) is 12.0. The first-order chi connectivity index (χ1) is 9.36. The lowest BCUT2D eigenvalue weighted by Gasteiger charge is -2.09. The Morgan fingerprint density at radius 1 is 1.05 bits per heavy atom. The maximum Gasteiger partial charge on any atom is 0.145 e. The van der Waals surface area contributed by atoms with Gasteiger partial charge in [-0.05, 0) is 23.6 Å². The average molecular weight is 251 g/mol. The van der Waals surface area contributed by atoms with Gasteiger partial charge in [0.15, 0.2) is 0 Å². The molecule has 3 rings (SSSR count). The van der Waals surface area contributed by atoms with Gasteiger partial charge in [-0.15, -0.1) is 0 Å². The van der Waals surface area contributed by atoms with Gasteiger partial charge < -0.3 is 4.74 Å². The summed E-state index contributed by atoms with van der Waals surface area (Å²) in [4.78, 5) is 4.67. The van der Waals surface area contributed by atoms with Crippen molar-refractivity contribution in [3.8, 4) is 5.75 Å². The Bertz CT molecular complexity index is 602. The fraction of sp³-hybridized carbons (Fsp3) is 0.235. The minimum absolute atomic E-state index is 0.592. The quantitative estimate of drug-likeness (QED) is 0.793. The molecule has 19 heavy (non-hydrogen) atoms. The fourth-order valence-electron chi connectivity index (χ4n) is 2.31. The summed E-state index contributed by atoms with van der Waals surface area (Å²) in [6.07, 6.45) is 1.97. The maximum absolute atomic E-state index is 5.92. The van der Waals surface area contributed by atoms with Gasteiger partial charge in [0.1, 0.15) is 18.0 Å². The molecular formula is C17H17NO. The van der Waals surface area contributed by atoms with Crippen molar-refractivity contribution in [1.29, 1.82) is 0 Å². The van der Waals surface area contributed by atoms with E-state index in [1.54, 1.807) is 0 Å². The van der Waals surface area contributed by atoms with Crippen molar-refractivity contribution in [3.63, 3.8) is 0 Å². The van der Waals surface area contributed by atoms with Crippen LogP contribution in [-0.4, -0.2) is 5.71 Å². The molecular weight excluding hydrogens is 234 g/mol. The van der Waals surface area contributed by atoms with Crippen molar-refractivity contribution in [1.82, 2.24) is 0 Å². The Kier molecular flexibility index (Phi) is 3.32. The number of fused-ring (bicyclic) bond motifs is 1. The van der Waals surface area contributed by atoms with Crippen molar-refractivity contribution in [2.75, 3.05) is 0 Å². The van der Waals surface area contributed by atoms with Crippen LogP contribution in [-0.2, 0) is 13.0 Å². The summed E-state index contributed by atoms with van der Waals surface area (Å²) in [5, 5.41) is 0. The standard InChI is InChI=1S/C17H17NO/c1-2-15-11-14-9-6-10-16(17(14)18-15)19-12-13-7-4-3-5-8-13/h3-10H,2,11-12H2,1H3. The second-order valence-corrected chi connectivity index (χ2v) is 4.75. The van der Waals surface area contributed by atoms with E-state index >= 15 is 0 Å². The molecule has 0 radical (unpaired) electrons. The molecule has 0 amide bonds. The second kappa shape index (κ2) is 5.27. The van der Waals surface area contributed by atoms with Gasteiger partial charge in [0.05, 0.1) is 0 Å². The molecule has 2 nitrogen and oxygen atoms in total. The third-order valence-corrected chi connectivity index (χ3v) is 3.39. The number of aliphatic imine (C=N–C) groups is 1. The molecule has 0 bridgehead atoms. The number of hydrogen-bond acceptors (Lipinski definition) is 2. The minimum atomic E-state index is 0.592. The second-order valence-electron chi connectivity index (χ2n) is 4.75. The summed E-state index contributed by atoms with van der Waals surface area (Å²) >= 11 is 0. The fourth-order valence-corrected chi connectivity index (χ4v) is 2.31. The van der Waals surface area contributed by atoms with Crippen LogP contribution in [0.2, 0.25) is 0 Å². The largest absolute Gasteiger partial charge is 0.487 e. The van der Waals surface area contributed by atoms with Gasteiger partial charge in [-0.1, -0.05) is 49.4 Å². The van der Waals surface area contributed by atoms with Crippen molar-refractivity contribution in [3.05, 3.63) is 59.7 Å². The Balaban J connectivity index is 1.80. The molecule has 0 spiro atoms. The molecule has 0 fully saturated rings. The molecule has 0 saturated heterocycles. The van der Waals surface area contributed by atoms with Gasteiger partial charge in [-0.25, -0.2) is 0 Å².